The van der Waals surface area contributed by atoms with E-state index in [4.69, 9.17) is 0 Å². The first-order chi connectivity index (χ1) is 6.65. The molecule has 0 unspecified atom stereocenters. The molecular formula is C11H12N2O. The normalized spacial score (nSPS) is 10.8. The van der Waals surface area contributed by atoms with Crippen molar-refractivity contribution in [2.75, 3.05) is 0 Å². The van der Waals surface area contributed by atoms with E-state index in [1.807, 2.05) is 30.7 Å². The number of carbonyl (C=O) groups is 1. The monoisotopic (exact) mass is 188 g/mol. The minimum atomic E-state index is 0.480. The summed E-state index contributed by atoms with van der Waals surface area (Å²) in [5.41, 5.74) is 4.34. The van der Waals surface area contributed by atoms with Gasteiger partial charge >= 0.3 is 0 Å². The molecule has 72 valence electrons. The molecule has 0 aliphatic carbocycles. The van der Waals surface area contributed by atoms with Crippen molar-refractivity contribution < 1.29 is 4.79 Å². The van der Waals surface area contributed by atoms with Crippen LogP contribution in [0, 0.1) is 13.8 Å². The second-order valence-electron chi connectivity index (χ2n) is 3.52. The molecule has 0 radical (unpaired) electrons. The molecule has 0 N–H and O–H groups in total. The Hall–Kier alpha value is -1.64. The highest BCUT2D eigenvalue weighted by Gasteiger charge is 2.09. The first-order valence-electron chi connectivity index (χ1n) is 4.53. The van der Waals surface area contributed by atoms with E-state index in [0.717, 1.165) is 17.3 Å². The van der Waals surface area contributed by atoms with Crippen LogP contribution in [0.4, 0.5) is 0 Å². The molecule has 0 saturated heterocycles. The fraction of sp³-hybridized carbons (Fsp3) is 0.273. The number of nitrogens with zero attached hydrogens (tertiary/aromatic N) is 2. The van der Waals surface area contributed by atoms with Gasteiger partial charge in [0.25, 0.3) is 0 Å². The molecule has 0 atom stereocenters. The number of benzene rings is 1. The van der Waals surface area contributed by atoms with Crippen LogP contribution >= 0.6 is 0 Å². The van der Waals surface area contributed by atoms with E-state index in [0.29, 0.717) is 5.82 Å². The van der Waals surface area contributed by atoms with Crippen LogP contribution in [0.1, 0.15) is 21.7 Å². The predicted molar refractivity (Wildman–Crippen MR) is 55.6 cm³/mol. The van der Waals surface area contributed by atoms with Crippen molar-refractivity contribution in [1.29, 1.82) is 0 Å². The van der Waals surface area contributed by atoms with Gasteiger partial charge in [-0.25, -0.2) is 4.98 Å². The van der Waals surface area contributed by atoms with Crippen LogP contribution in [0.15, 0.2) is 12.1 Å². The Labute approximate surface area is 82.4 Å². The molecule has 3 heteroatoms. The van der Waals surface area contributed by atoms with Gasteiger partial charge in [-0.2, -0.15) is 0 Å². The maximum Gasteiger partial charge on any atom is 0.185 e. The Bertz CT molecular complexity index is 511. The molecular weight excluding hydrogens is 176 g/mol. The molecule has 14 heavy (non-hydrogen) atoms. The number of fused-ring (bicyclic) bond motifs is 1. The summed E-state index contributed by atoms with van der Waals surface area (Å²) in [6, 6.07) is 3.98. The first-order valence-corrected chi connectivity index (χ1v) is 4.53. The Morgan fingerprint density at radius 1 is 1.36 bits per heavy atom. The average molecular weight is 188 g/mol. The van der Waals surface area contributed by atoms with Gasteiger partial charge in [-0.05, 0) is 31.0 Å². The maximum absolute atomic E-state index is 10.7. The highest BCUT2D eigenvalue weighted by molar-refractivity contribution is 5.85. The summed E-state index contributed by atoms with van der Waals surface area (Å²) in [4.78, 5) is 14.9. The second kappa shape index (κ2) is 2.94. The molecule has 0 fully saturated rings. The fourth-order valence-corrected chi connectivity index (χ4v) is 1.72. The number of rotatable bonds is 1. The Morgan fingerprint density at radius 2 is 2.07 bits per heavy atom. The molecule has 0 bridgehead atoms. The van der Waals surface area contributed by atoms with E-state index in [2.05, 4.69) is 11.9 Å². The molecule has 0 aliphatic rings. The van der Waals surface area contributed by atoms with Crippen molar-refractivity contribution in [3.05, 3.63) is 29.1 Å². The predicted octanol–water partition coefficient (Wildman–Crippen LogP) is 2.00. The zero-order chi connectivity index (χ0) is 10.3. The summed E-state index contributed by atoms with van der Waals surface area (Å²) in [6.07, 6.45) is 0.786. The molecule has 1 aromatic heterocycles. The summed E-state index contributed by atoms with van der Waals surface area (Å²) in [7, 11) is 1.87. The van der Waals surface area contributed by atoms with E-state index < -0.39 is 0 Å². The minimum Gasteiger partial charge on any atom is -0.325 e. The lowest BCUT2D eigenvalue weighted by Gasteiger charge is -2.03. The van der Waals surface area contributed by atoms with E-state index >= 15 is 0 Å². The largest absolute Gasteiger partial charge is 0.325 e. The molecule has 0 aliphatic heterocycles. The summed E-state index contributed by atoms with van der Waals surface area (Å²) in [5.74, 6) is 0.480. The summed E-state index contributed by atoms with van der Waals surface area (Å²) in [5, 5.41) is 0. The van der Waals surface area contributed by atoms with Crippen molar-refractivity contribution in [1.82, 2.24) is 9.55 Å². The van der Waals surface area contributed by atoms with Crippen LogP contribution in [0.3, 0.4) is 0 Å². The fourth-order valence-electron chi connectivity index (χ4n) is 1.72. The van der Waals surface area contributed by atoms with Crippen LogP contribution < -0.4 is 0 Å². The third-order valence-electron chi connectivity index (χ3n) is 2.70. The van der Waals surface area contributed by atoms with E-state index in [1.165, 1.54) is 11.1 Å². The van der Waals surface area contributed by atoms with Crippen molar-refractivity contribution in [2.24, 2.45) is 7.05 Å². The van der Waals surface area contributed by atoms with Gasteiger partial charge in [0, 0.05) is 7.05 Å². The van der Waals surface area contributed by atoms with Gasteiger partial charge < -0.3 is 4.57 Å². The third-order valence-corrected chi connectivity index (χ3v) is 2.70. The average Bonchev–Trinajstić information content (AvgIpc) is 2.50. The summed E-state index contributed by atoms with van der Waals surface area (Å²) >= 11 is 0. The number of aromatic nitrogens is 2. The molecule has 3 nitrogen and oxygen atoms in total. The van der Waals surface area contributed by atoms with E-state index in [1.54, 1.807) is 0 Å². The first kappa shape index (κ1) is 8.94. The van der Waals surface area contributed by atoms with Crippen LogP contribution in [-0.4, -0.2) is 15.8 Å². The lowest BCUT2D eigenvalue weighted by molar-refractivity contribution is 0.111. The smallest absolute Gasteiger partial charge is 0.185 e. The molecule has 1 aromatic carbocycles. The number of hydrogen-bond acceptors (Lipinski definition) is 2. The van der Waals surface area contributed by atoms with Gasteiger partial charge in [0.2, 0.25) is 0 Å². The third kappa shape index (κ3) is 1.05. The van der Waals surface area contributed by atoms with Crippen molar-refractivity contribution in [3.63, 3.8) is 0 Å². The van der Waals surface area contributed by atoms with Gasteiger partial charge in [0.15, 0.2) is 12.1 Å². The molecule has 0 saturated carbocycles. The van der Waals surface area contributed by atoms with Crippen LogP contribution in [0.25, 0.3) is 11.0 Å². The summed E-state index contributed by atoms with van der Waals surface area (Å²) in [6.45, 7) is 4.11. The highest BCUT2D eigenvalue weighted by Crippen LogP contribution is 2.21. The number of carbonyl (C=O) groups excluding carboxylic acids is 1. The van der Waals surface area contributed by atoms with Crippen molar-refractivity contribution >= 4 is 17.3 Å². The van der Waals surface area contributed by atoms with E-state index in [-0.39, 0.29) is 0 Å². The lowest BCUT2D eigenvalue weighted by atomic mass is 10.1. The van der Waals surface area contributed by atoms with Crippen molar-refractivity contribution in [3.8, 4) is 0 Å². The Morgan fingerprint density at radius 3 is 2.71 bits per heavy atom. The van der Waals surface area contributed by atoms with Crippen LogP contribution in [0.2, 0.25) is 0 Å². The van der Waals surface area contributed by atoms with Gasteiger partial charge in [0.05, 0.1) is 11.0 Å². The lowest BCUT2D eigenvalue weighted by Crippen LogP contribution is -1.96. The molecule has 1 heterocycles. The van der Waals surface area contributed by atoms with Crippen LogP contribution in [-0.2, 0) is 7.05 Å². The highest BCUT2D eigenvalue weighted by atomic mass is 16.1. The van der Waals surface area contributed by atoms with Gasteiger partial charge in [0.1, 0.15) is 0 Å². The second-order valence-corrected chi connectivity index (χ2v) is 3.52. The quantitative estimate of drug-likeness (QED) is 0.641. The van der Waals surface area contributed by atoms with Gasteiger partial charge in [-0.3, -0.25) is 4.79 Å². The van der Waals surface area contributed by atoms with Crippen LogP contribution in [0.5, 0.6) is 0 Å². The number of imidazole rings is 1. The molecule has 0 spiro atoms. The minimum absolute atomic E-state index is 0.480. The molecule has 0 amide bonds. The topological polar surface area (TPSA) is 34.9 Å². The SMILES string of the molecule is Cc1ccc2nc(C=O)n(C)c2c1C. The summed E-state index contributed by atoms with van der Waals surface area (Å²) < 4.78 is 1.84. The Kier molecular flexibility index (Phi) is 1.88. The number of aryl methyl sites for hydroxylation is 3. The van der Waals surface area contributed by atoms with Gasteiger partial charge in [-0.15, -0.1) is 0 Å². The number of hydrogen-bond donors (Lipinski definition) is 0. The van der Waals surface area contributed by atoms with Gasteiger partial charge in [-0.1, -0.05) is 6.07 Å². The number of aldehydes is 1. The molecule has 2 aromatic rings. The zero-order valence-corrected chi connectivity index (χ0v) is 8.53. The maximum atomic E-state index is 10.7. The van der Waals surface area contributed by atoms with E-state index in [9.17, 15) is 4.79 Å². The van der Waals surface area contributed by atoms with Crippen molar-refractivity contribution in [2.45, 2.75) is 13.8 Å². The zero-order valence-electron chi connectivity index (χ0n) is 8.53. The Balaban J connectivity index is 2.93. The standard InChI is InChI=1S/C11H12N2O/c1-7-4-5-9-11(8(7)2)13(3)10(6-14)12-9/h4-6H,1-3H3. The molecule has 2 rings (SSSR count).